The smallest absolute Gasteiger partial charge is 0.493 e. The zero-order chi connectivity index (χ0) is 15.6. The quantitative estimate of drug-likeness (QED) is 0.550. The third-order valence-electron chi connectivity index (χ3n) is 4.64. The van der Waals surface area contributed by atoms with Crippen LogP contribution in [0.5, 0.6) is 5.75 Å². The number of fused-ring (bicyclic) bond motifs is 1. The minimum Gasteiger partial charge on any atom is -0.493 e. The summed E-state index contributed by atoms with van der Waals surface area (Å²) in [6.45, 7) is 4.71. The van der Waals surface area contributed by atoms with Crippen LogP contribution in [0.1, 0.15) is 34.1 Å². The second-order valence-electron chi connectivity index (χ2n) is 6.09. The van der Waals surface area contributed by atoms with E-state index in [-0.39, 0.29) is 32.7 Å². The van der Waals surface area contributed by atoms with Crippen molar-refractivity contribution in [2.45, 2.75) is 11.8 Å². The molecule has 114 valence electrons. The van der Waals surface area contributed by atoms with Crippen molar-refractivity contribution < 1.29 is 37.4 Å². The van der Waals surface area contributed by atoms with Gasteiger partial charge in [0, 0.05) is 17.4 Å². The van der Waals surface area contributed by atoms with Gasteiger partial charge in [0.1, 0.15) is 5.75 Å². The van der Waals surface area contributed by atoms with Crippen LogP contribution in [0.2, 0.25) is 0 Å². The van der Waals surface area contributed by atoms with Gasteiger partial charge in [0.25, 0.3) is 0 Å². The molecule has 2 unspecified atom stereocenters. The molecule has 0 saturated carbocycles. The first-order chi connectivity index (χ1) is 11.3. The van der Waals surface area contributed by atoms with Gasteiger partial charge in [0.05, 0.1) is 6.61 Å². The standard InChI is InChI=1S/C22H19O.Y/c1-16-11-13-18(14-12-16)22-19-9-5-6-10-21(19)23-15-20(22)17-7-3-2-4-8-17;/h2-14,20,22H,1,15H2;/q-1;+3. The molecule has 24 heavy (non-hydrogen) atoms. The predicted molar refractivity (Wildman–Crippen MR) is 93.9 cm³/mol. The van der Waals surface area contributed by atoms with Crippen molar-refractivity contribution in [1.82, 2.24) is 0 Å². The zero-order valence-electron chi connectivity index (χ0n) is 13.6. The topological polar surface area (TPSA) is 9.23 Å². The molecule has 1 heterocycles. The molecule has 3 aromatic carbocycles. The molecule has 0 saturated heterocycles. The van der Waals surface area contributed by atoms with Gasteiger partial charge in [-0.05, 0) is 11.6 Å². The van der Waals surface area contributed by atoms with E-state index in [0.717, 1.165) is 11.3 Å². The molecule has 2 heteroatoms. The molecule has 0 aromatic heterocycles. The van der Waals surface area contributed by atoms with Crippen LogP contribution in [0, 0.1) is 6.92 Å². The maximum absolute atomic E-state index is 6.05. The summed E-state index contributed by atoms with van der Waals surface area (Å²) in [5.74, 6) is 1.63. The summed E-state index contributed by atoms with van der Waals surface area (Å²) >= 11 is 0. The van der Waals surface area contributed by atoms with E-state index in [2.05, 4.69) is 79.7 Å². The maximum Gasteiger partial charge on any atom is 3.00 e. The first kappa shape index (κ1) is 17.3. The summed E-state index contributed by atoms with van der Waals surface area (Å²) in [5.41, 5.74) is 4.96. The molecule has 0 fully saturated rings. The Morgan fingerprint density at radius 1 is 0.750 bits per heavy atom. The number of benzene rings is 3. The molecule has 0 amide bonds. The molecular formula is C22H19OY+2. The summed E-state index contributed by atoms with van der Waals surface area (Å²) in [5, 5.41) is 0. The molecule has 0 aliphatic carbocycles. The summed E-state index contributed by atoms with van der Waals surface area (Å²) < 4.78 is 6.05. The van der Waals surface area contributed by atoms with Crippen LogP contribution in [0.4, 0.5) is 0 Å². The van der Waals surface area contributed by atoms with Gasteiger partial charge < -0.3 is 4.74 Å². The Hall–Kier alpha value is -1.57. The van der Waals surface area contributed by atoms with E-state index < -0.39 is 0 Å². The number of rotatable bonds is 2. The van der Waals surface area contributed by atoms with E-state index in [4.69, 9.17) is 4.74 Å². The van der Waals surface area contributed by atoms with Crippen molar-refractivity contribution in [2.75, 3.05) is 6.61 Å². The molecule has 0 spiro atoms. The van der Waals surface area contributed by atoms with Gasteiger partial charge in [0.15, 0.2) is 0 Å². The molecule has 3 aromatic rings. The number of hydrogen-bond acceptors (Lipinski definition) is 1. The van der Waals surface area contributed by atoms with Gasteiger partial charge in [-0.2, -0.15) is 24.6 Å². The van der Waals surface area contributed by atoms with Crippen molar-refractivity contribution >= 4 is 0 Å². The van der Waals surface area contributed by atoms with E-state index in [9.17, 15) is 0 Å². The van der Waals surface area contributed by atoms with E-state index in [1.807, 2.05) is 6.07 Å². The Morgan fingerprint density at radius 2 is 1.42 bits per heavy atom. The largest absolute Gasteiger partial charge is 3.00 e. The zero-order valence-corrected chi connectivity index (χ0v) is 16.4. The van der Waals surface area contributed by atoms with E-state index in [0.29, 0.717) is 18.4 Å². The molecule has 0 N–H and O–H groups in total. The second-order valence-corrected chi connectivity index (χ2v) is 6.09. The van der Waals surface area contributed by atoms with E-state index >= 15 is 0 Å². The van der Waals surface area contributed by atoms with Crippen molar-refractivity contribution in [3.63, 3.8) is 0 Å². The Morgan fingerprint density at radius 3 is 2.17 bits per heavy atom. The van der Waals surface area contributed by atoms with Crippen LogP contribution in [0.25, 0.3) is 0 Å². The van der Waals surface area contributed by atoms with Gasteiger partial charge in [-0.3, -0.25) is 0 Å². The molecule has 1 aliphatic heterocycles. The number of para-hydroxylation sites is 1. The van der Waals surface area contributed by atoms with E-state index in [1.165, 1.54) is 16.7 Å². The third-order valence-corrected chi connectivity index (χ3v) is 4.64. The summed E-state index contributed by atoms with van der Waals surface area (Å²) in [6, 6.07) is 27.6. The molecule has 2 atom stereocenters. The fourth-order valence-electron chi connectivity index (χ4n) is 3.49. The maximum atomic E-state index is 6.05. The average Bonchev–Trinajstić information content (AvgIpc) is 2.62. The molecule has 0 radical (unpaired) electrons. The first-order valence-corrected chi connectivity index (χ1v) is 8.01. The third kappa shape index (κ3) is 3.29. The van der Waals surface area contributed by atoms with Gasteiger partial charge in [-0.25, -0.2) is 0 Å². The Labute approximate surface area is 168 Å². The Balaban J connectivity index is 0.00000169. The van der Waals surface area contributed by atoms with Crippen molar-refractivity contribution in [2.24, 2.45) is 0 Å². The first-order valence-electron chi connectivity index (χ1n) is 8.01. The predicted octanol–water partition coefficient (Wildman–Crippen LogP) is 5.17. The molecule has 1 aliphatic rings. The molecule has 0 bridgehead atoms. The van der Waals surface area contributed by atoms with Gasteiger partial charge >= 0.3 is 32.7 Å². The minimum absolute atomic E-state index is 0. The minimum atomic E-state index is 0. The SMILES string of the molecule is [CH2-]c1ccc(C2c3ccccc3OCC2c2ccccc2)cc1.[Y+3]. The van der Waals surface area contributed by atoms with Crippen LogP contribution in [0.3, 0.4) is 0 Å². The van der Waals surface area contributed by atoms with Crippen molar-refractivity contribution in [1.29, 1.82) is 0 Å². The van der Waals surface area contributed by atoms with Gasteiger partial charge in [0.2, 0.25) is 0 Å². The number of ether oxygens (including phenoxy) is 1. The van der Waals surface area contributed by atoms with Gasteiger partial charge in [-0.15, -0.1) is 12.1 Å². The van der Waals surface area contributed by atoms with Crippen molar-refractivity contribution in [3.8, 4) is 5.75 Å². The van der Waals surface area contributed by atoms with Crippen LogP contribution in [-0.2, 0) is 32.7 Å². The Bertz CT molecular complexity index is 796. The molecular weight excluding hydrogens is 369 g/mol. The molecule has 4 rings (SSSR count). The fourth-order valence-corrected chi connectivity index (χ4v) is 3.49. The number of hydrogen-bond donors (Lipinski definition) is 0. The summed E-state index contributed by atoms with van der Waals surface area (Å²) in [7, 11) is 0. The van der Waals surface area contributed by atoms with Crippen LogP contribution in [0.15, 0.2) is 78.9 Å². The average molecular weight is 388 g/mol. The normalized spacial score (nSPS) is 18.8. The van der Waals surface area contributed by atoms with Crippen LogP contribution < -0.4 is 4.74 Å². The summed E-state index contributed by atoms with van der Waals surface area (Å²) in [4.78, 5) is 0. The molecule has 1 nitrogen and oxygen atoms in total. The van der Waals surface area contributed by atoms with Gasteiger partial charge in [-0.1, -0.05) is 54.1 Å². The van der Waals surface area contributed by atoms with E-state index in [1.54, 1.807) is 0 Å². The van der Waals surface area contributed by atoms with Crippen LogP contribution in [-0.4, -0.2) is 6.61 Å². The fraction of sp³-hybridized carbons (Fsp3) is 0.136. The van der Waals surface area contributed by atoms with Crippen LogP contribution >= 0.6 is 0 Å². The monoisotopic (exact) mass is 388 g/mol. The second kappa shape index (κ2) is 7.55. The Kier molecular flexibility index (Phi) is 5.43. The summed E-state index contributed by atoms with van der Waals surface area (Å²) in [6.07, 6.45) is 0. The van der Waals surface area contributed by atoms with Crippen molar-refractivity contribution in [3.05, 3.63) is 108 Å².